The van der Waals surface area contributed by atoms with E-state index in [-0.39, 0.29) is 10.5 Å². The van der Waals surface area contributed by atoms with Gasteiger partial charge in [0.25, 0.3) is 0 Å². The molecule has 0 fully saturated rings. The van der Waals surface area contributed by atoms with Gasteiger partial charge in [-0.1, -0.05) is 23.7 Å². The average molecular weight is 282 g/mol. The lowest BCUT2D eigenvalue weighted by molar-refractivity contribution is -0.289. The van der Waals surface area contributed by atoms with Crippen LogP contribution in [-0.2, 0) is 5.92 Å². The predicted molar refractivity (Wildman–Crippen MR) is 56.7 cm³/mol. The topological polar surface area (TPSA) is 12.9 Å². The highest BCUT2D eigenvalue weighted by molar-refractivity contribution is 6.34. The van der Waals surface area contributed by atoms with E-state index >= 15 is 0 Å². The molecule has 0 spiro atoms. The van der Waals surface area contributed by atoms with Crippen LogP contribution in [0.1, 0.15) is 5.56 Å². The van der Waals surface area contributed by atoms with E-state index < -0.39 is 17.7 Å². The SMILES string of the molecule is FC(F)(F)C(F)(F)c1ccc2ccnc(Cl)c2c1. The van der Waals surface area contributed by atoms with E-state index in [1.807, 2.05) is 0 Å². The second-order valence-corrected chi connectivity index (χ2v) is 3.97. The number of pyridine rings is 1. The van der Waals surface area contributed by atoms with Crippen LogP contribution >= 0.6 is 11.6 Å². The van der Waals surface area contributed by atoms with Crippen LogP contribution in [0.25, 0.3) is 10.8 Å². The molecule has 18 heavy (non-hydrogen) atoms. The van der Waals surface area contributed by atoms with Crippen LogP contribution in [0.3, 0.4) is 0 Å². The molecule has 0 aliphatic carbocycles. The molecule has 1 nitrogen and oxygen atoms in total. The van der Waals surface area contributed by atoms with E-state index in [9.17, 15) is 22.0 Å². The van der Waals surface area contributed by atoms with Gasteiger partial charge in [0.2, 0.25) is 0 Å². The molecule has 0 radical (unpaired) electrons. The summed E-state index contributed by atoms with van der Waals surface area (Å²) in [5.41, 5.74) is -1.16. The molecule has 1 heterocycles. The highest BCUT2D eigenvalue weighted by Gasteiger charge is 2.58. The third kappa shape index (κ3) is 2.01. The van der Waals surface area contributed by atoms with Gasteiger partial charge in [-0.15, -0.1) is 0 Å². The van der Waals surface area contributed by atoms with Gasteiger partial charge in [-0.2, -0.15) is 22.0 Å². The summed E-state index contributed by atoms with van der Waals surface area (Å²) in [5.74, 6) is -4.92. The quantitative estimate of drug-likeness (QED) is 0.552. The van der Waals surface area contributed by atoms with Gasteiger partial charge >= 0.3 is 12.1 Å². The number of nitrogens with zero attached hydrogens (tertiary/aromatic N) is 1. The zero-order valence-corrected chi connectivity index (χ0v) is 9.36. The molecule has 1 aromatic carbocycles. The van der Waals surface area contributed by atoms with Gasteiger partial charge in [-0.3, -0.25) is 0 Å². The fourth-order valence-corrected chi connectivity index (χ4v) is 1.71. The smallest absolute Gasteiger partial charge is 0.244 e. The van der Waals surface area contributed by atoms with Crippen molar-refractivity contribution >= 4 is 22.4 Å². The third-order valence-corrected chi connectivity index (χ3v) is 2.74. The zero-order valence-electron chi connectivity index (χ0n) is 8.60. The fraction of sp³-hybridized carbons (Fsp3) is 0.182. The molecule has 0 aliphatic rings. The van der Waals surface area contributed by atoms with E-state index in [2.05, 4.69) is 4.98 Å². The summed E-state index contributed by atoms with van der Waals surface area (Å²) < 4.78 is 62.9. The first-order chi connectivity index (χ1) is 8.23. The number of hydrogen-bond acceptors (Lipinski definition) is 1. The first-order valence-corrected chi connectivity index (χ1v) is 5.10. The van der Waals surface area contributed by atoms with Crippen LogP contribution < -0.4 is 0 Å². The normalized spacial score (nSPS) is 13.0. The largest absolute Gasteiger partial charge is 0.458 e. The molecule has 0 saturated carbocycles. The van der Waals surface area contributed by atoms with Gasteiger partial charge in [-0.25, -0.2) is 4.98 Å². The Balaban J connectivity index is 2.64. The van der Waals surface area contributed by atoms with Gasteiger partial charge in [-0.05, 0) is 17.5 Å². The number of hydrogen-bond donors (Lipinski definition) is 0. The number of alkyl halides is 5. The first-order valence-electron chi connectivity index (χ1n) is 4.73. The van der Waals surface area contributed by atoms with Crippen molar-refractivity contribution in [2.75, 3.05) is 0 Å². The second-order valence-electron chi connectivity index (χ2n) is 3.61. The molecule has 2 aromatic rings. The van der Waals surface area contributed by atoms with E-state index in [0.29, 0.717) is 11.5 Å². The molecule has 0 atom stereocenters. The molecular formula is C11H5ClF5N. The summed E-state index contributed by atoms with van der Waals surface area (Å²) in [6, 6.07) is 4.05. The molecule has 0 bridgehead atoms. The molecule has 0 amide bonds. The van der Waals surface area contributed by atoms with Crippen LogP contribution in [0.5, 0.6) is 0 Å². The van der Waals surface area contributed by atoms with Crippen LogP contribution in [0.2, 0.25) is 5.15 Å². The molecule has 1 aromatic heterocycles. The number of fused-ring (bicyclic) bond motifs is 1. The molecule has 0 unspecified atom stereocenters. The summed E-state index contributed by atoms with van der Waals surface area (Å²) in [4.78, 5) is 3.63. The van der Waals surface area contributed by atoms with Crippen molar-refractivity contribution in [1.29, 1.82) is 0 Å². The van der Waals surface area contributed by atoms with Crippen LogP contribution in [0, 0.1) is 0 Å². The Bertz CT molecular complexity index is 593. The van der Waals surface area contributed by atoms with Crippen molar-refractivity contribution in [3.8, 4) is 0 Å². The summed E-state index contributed by atoms with van der Waals surface area (Å²) in [6.07, 6.45) is -4.30. The van der Waals surface area contributed by atoms with E-state index in [0.717, 1.165) is 12.1 Å². The maximum absolute atomic E-state index is 13.1. The molecule has 96 valence electrons. The van der Waals surface area contributed by atoms with Crippen molar-refractivity contribution in [1.82, 2.24) is 4.98 Å². The lowest BCUT2D eigenvalue weighted by Crippen LogP contribution is -2.33. The van der Waals surface area contributed by atoms with E-state index in [4.69, 9.17) is 11.6 Å². The highest BCUT2D eigenvalue weighted by atomic mass is 35.5. The lowest BCUT2D eigenvalue weighted by Gasteiger charge is -2.20. The summed E-state index contributed by atoms with van der Waals surface area (Å²) in [6.45, 7) is 0. The van der Waals surface area contributed by atoms with Crippen LogP contribution in [0.15, 0.2) is 30.5 Å². The summed E-state index contributed by atoms with van der Waals surface area (Å²) in [5, 5.41) is 0.379. The van der Waals surface area contributed by atoms with Crippen molar-refractivity contribution in [3.63, 3.8) is 0 Å². The predicted octanol–water partition coefficient (Wildman–Crippen LogP) is 4.54. The molecular weight excluding hydrogens is 277 g/mol. The minimum atomic E-state index is -5.64. The lowest BCUT2D eigenvalue weighted by atomic mass is 10.0. The fourth-order valence-electron chi connectivity index (χ4n) is 1.49. The standard InChI is InChI=1S/C11H5ClF5N/c12-9-8-5-7(10(13,14)11(15,16)17)2-1-6(8)3-4-18-9/h1-5H. The third-order valence-electron chi connectivity index (χ3n) is 2.44. The Kier molecular flexibility index (Phi) is 2.93. The number of aromatic nitrogens is 1. The highest BCUT2D eigenvalue weighted by Crippen LogP contribution is 2.44. The Morgan fingerprint density at radius 2 is 1.67 bits per heavy atom. The van der Waals surface area contributed by atoms with Gasteiger partial charge in [0.15, 0.2) is 0 Å². The second kappa shape index (κ2) is 4.05. The first kappa shape index (κ1) is 13.0. The van der Waals surface area contributed by atoms with Crippen molar-refractivity contribution in [3.05, 3.63) is 41.2 Å². The van der Waals surface area contributed by atoms with Crippen molar-refractivity contribution in [2.24, 2.45) is 0 Å². The van der Waals surface area contributed by atoms with Gasteiger partial charge in [0, 0.05) is 17.1 Å². The molecule has 0 saturated heterocycles. The van der Waals surface area contributed by atoms with Gasteiger partial charge < -0.3 is 0 Å². The number of benzene rings is 1. The van der Waals surface area contributed by atoms with Gasteiger partial charge in [0.05, 0.1) is 0 Å². The molecule has 2 rings (SSSR count). The Hall–Kier alpha value is -1.43. The van der Waals surface area contributed by atoms with E-state index in [1.54, 1.807) is 0 Å². The van der Waals surface area contributed by atoms with Crippen LogP contribution in [-0.4, -0.2) is 11.2 Å². The summed E-state index contributed by atoms with van der Waals surface area (Å²) >= 11 is 5.66. The van der Waals surface area contributed by atoms with Crippen molar-refractivity contribution < 1.29 is 22.0 Å². The van der Waals surface area contributed by atoms with Crippen LogP contribution in [0.4, 0.5) is 22.0 Å². The van der Waals surface area contributed by atoms with E-state index in [1.165, 1.54) is 12.3 Å². The maximum atomic E-state index is 13.1. The Morgan fingerprint density at radius 3 is 2.28 bits per heavy atom. The minimum absolute atomic E-state index is 0.0561. The summed E-state index contributed by atoms with van der Waals surface area (Å²) in [7, 11) is 0. The number of halogens is 6. The van der Waals surface area contributed by atoms with Crippen molar-refractivity contribution in [2.45, 2.75) is 12.1 Å². The maximum Gasteiger partial charge on any atom is 0.458 e. The molecule has 0 aliphatic heterocycles. The average Bonchev–Trinajstić information content (AvgIpc) is 2.27. The Morgan fingerprint density at radius 1 is 1.00 bits per heavy atom. The number of rotatable bonds is 1. The zero-order chi connectivity index (χ0) is 13.6. The molecule has 7 heteroatoms. The Labute approximate surface area is 103 Å². The van der Waals surface area contributed by atoms with Gasteiger partial charge in [0.1, 0.15) is 5.15 Å². The molecule has 0 N–H and O–H groups in total. The monoisotopic (exact) mass is 281 g/mol. The minimum Gasteiger partial charge on any atom is -0.244 e.